The smallest absolute Gasteiger partial charge is 0.0705 e. The Labute approximate surface area is 280 Å². The summed E-state index contributed by atoms with van der Waals surface area (Å²) in [4.78, 5) is 11.0. The molecule has 0 fully saturated rings. The minimum absolute atomic E-state index is 0.181. The highest BCUT2D eigenvalue weighted by atomic mass is 32.2. The van der Waals surface area contributed by atoms with Gasteiger partial charge in [-0.25, -0.2) is 0 Å². The van der Waals surface area contributed by atoms with Gasteiger partial charge in [-0.2, -0.15) is 10.5 Å². The lowest BCUT2D eigenvalue weighted by atomic mass is 9.89. The number of rotatable bonds is 7. The van der Waals surface area contributed by atoms with Crippen molar-refractivity contribution in [2.45, 2.75) is 18.7 Å². The molecule has 2 aromatic heterocycles. The topological polar surface area (TPSA) is 25.8 Å². The average Bonchev–Trinajstić information content (AvgIpc) is 3.12. The Morgan fingerprint density at radius 1 is 0.426 bits per heavy atom. The van der Waals surface area contributed by atoms with Crippen LogP contribution in [-0.4, -0.2) is 22.1 Å². The van der Waals surface area contributed by atoms with Crippen LogP contribution in [0, 0.1) is 13.8 Å². The second-order valence-corrected chi connectivity index (χ2v) is 13.7. The monoisotopic (exact) mass is 624 g/mol. The molecular formula is C44H36N2S. The molecule has 1 atom stereocenters. The van der Waals surface area contributed by atoms with E-state index >= 15 is 0 Å². The molecule has 0 saturated carbocycles. The Morgan fingerprint density at radius 3 is 1.19 bits per heavy atom. The summed E-state index contributed by atoms with van der Waals surface area (Å²) >= 11 is 0. The van der Waals surface area contributed by atoms with Crippen molar-refractivity contribution in [1.29, 1.82) is 0 Å². The van der Waals surface area contributed by atoms with E-state index in [0.29, 0.717) is 0 Å². The largest absolute Gasteiger partial charge is 0.256 e. The van der Waals surface area contributed by atoms with Gasteiger partial charge in [-0.05, 0) is 94.9 Å². The molecule has 0 N–H and O–H groups in total. The predicted octanol–water partition coefficient (Wildman–Crippen LogP) is 11.8. The van der Waals surface area contributed by atoms with Crippen LogP contribution in [0.5, 0.6) is 0 Å². The SMILES string of the molecule is C=S(C)c1cc(-c2ccccc2-c2cnc(-c3ccccc3)cc2C)cc(-c2ccccc2-c2cnc(-c3ccccc3)cc2C)c1. The van der Waals surface area contributed by atoms with Gasteiger partial charge in [0, 0.05) is 39.5 Å². The van der Waals surface area contributed by atoms with Gasteiger partial charge in [0.05, 0.1) is 11.4 Å². The third-order valence-corrected chi connectivity index (χ3v) is 9.77. The van der Waals surface area contributed by atoms with Gasteiger partial charge in [-0.15, -0.1) is 0 Å². The molecule has 0 spiro atoms. The van der Waals surface area contributed by atoms with Gasteiger partial charge < -0.3 is 0 Å². The second-order valence-electron chi connectivity index (χ2n) is 12.0. The molecular weight excluding hydrogens is 589 g/mol. The van der Waals surface area contributed by atoms with Crippen molar-refractivity contribution in [3.63, 3.8) is 0 Å². The van der Waals surface area contributed by atoms with E-state index in [1.165, 1.54) is 49.4 Å². The van der Waals surface area contributed by atoms with Gasteiger partial charge in [0.15, 0.2) is 0 Å². The summed E-state index contributed by atoms with van der Waals surface area (Å²) in [5, 5.41) is 0. The van der Waals surface area contributed by atoms with Crippen LogP contribution in [0.15, 0.2) is 157 Å². The Morgan fingerprint density at radius 2 is 0.809 bits per heavy atom. The van der Waals surface area contributed by atoms with Crippen LogP contribution in [0.25, 0.3) is 67.0 Å². The Balaban J connectivity index is 1.34. The maximum Gasteiger partial charge on any atom is 0.0705 e. The van der Waals surface area contributed by atoms with Crippen LogP contribution in [0.4, 0.5) is 0 Å². The highest BCUT2D eigenvalue weighted by Gasteiger charge is 2.16. The number of benzene rings is 5. The lowest BCUT2D eigenvalue weighted by Crippen LogP contribution is -1.94. The zero-order chi connectivity index (χ0) is 32.3. The number of pyridine rings is 2. The van der Waals surface area contributed by atoms with E-state index in [4.69, 9.17) is 9.97 Å². The molecule has 5 aromatic carbocycles. The minimum atomic E-state index is -0.181. The van der Waals surface area contributed by atoms with Crippen molar-refractivity contribution in [3.8, 4) is 67.0 Å². The third kappa shape index (κ3) is 6.23. The number of nitrogens with zero attached hydrogens (tertiary/aromatic N) is 2. The molecule has 0 radical (unpaired) electrons. The van der Waals surface area contributed by atoms with Gasteiger partial charge in [-0.3, -0.25) is 9.97 Å². The number of aromatic nitrogens is 2. The molecule has 1 unspecified atom stereocenters. The van der Waals surface area contributed by atoms with Crippen molar-refractivity contribution in [1.82, 2.24) is 9.97 Å². The standard InChI is InChI=1S/C44H36N2S/c1-30-23-43(32-15-7-5-8-16-32)45-28-41(30)39-21-13-11-19-37(39)34-25-35(27-36(26-34)47(3)4)38-20-12-14-22-40(38)42-29-46-44(24-31(42)2)33-17-9-6-10-18-33/h5-29H,3H2,1-2,4H3. The Kier molecular flexibility index (Phi) is 8.48. The highest BCUT2D eigenvalue weighted by Crippen LogP contribution is 2.41. The van der Waals surface area contributed by atoms with Gasteiger partial charge in [0.2, 0.25) is 0 Å². The van der Waals surface area contributed by atoms with Crippen LogP contribution in [-0.2, 0) is 0 Å². The average molecular weight is 625 g/mol. The van der Waals surface area contributed by atoms with E-state index in [2.05, 4.69) is 153 Å². The fraction of sp³-hybridized carbons (Fsp3) is 0.0682. The first kappa shape index (κ1) is 30.3. The minimum Gasteiger partial charge on any atom is -0.256 e. The van der Waals surface area contributed by atoms with Crippen molar-refractivity contribution < 1.29 is 0 Å². The fourth-order valence-electron chi connectivity index (χ4n) is 6.26. The van der Waals surface area contributed by atoms with Crippen molar-refractivity contribution in [3.05, 3.63) is 163 Å². The molecule has 7 aromatic rings. The summed E-state index contributed by atoms with van der Waals surface area (Å²) in [6.07, 6.45) is 6.24. The summed E-state index contributed by atoms with van der Waals surface area (Å²) in [6, 6.07) is 49.4. The van der Waals surface area contributed by atoms with E-state index < -0.39 is 0 Å². The molecule has 7 rings (SSSR count). The number of aryl methyl sites for hydroxylation is 2. The molecule has 228 valence electrons. The summed E-state index contributed by atoms with van der Waals surface area (Å²) < 4.78 is 0. The van der Waals surface area contributed by atoms with E-state index in [1.807, 2.05) is 24.5 Å². The number of hydrogen-bond acceptors (Lipinski definition) is 2. The zero-order valence-corrected chi connectivity index (χ0v) is 27.8. The Bertz CT molecular complexity index is 2090. The highest BCUT2D eigenvalue weighted by molar-refractivity contribution is 8.13. The van der Waals surface area contributed by atoms with Gasteiger partial charge in [0.25, 0.3) is 0 Å². The molecule has 3 heteroatoms. The maximum atomic E-state index is 4.90. The normalized spacial score (nSPS) is 11.7. The zero-order valence-electron chi connectivity index (χ0n) is 26.9. The molecule has 0 amide bonds. The first-order valence-electron chi connectivity index (χ1n) is 15.8. The molecule has 0 bridgehead atoms. The van der Waals surface area contributed by atoms with E-state index in [1.54, 1.807) is 0 Å². The van der Waals surface area contributed by atoms with Crippen molar-refractivity contribution in [2.24, 2.45) is 0 Å². The van der Waals surface area contributed by atoms with Gasteiger partial charge in [-0.1, -0.05) is 115 Å². The summed E-state index contributed by atoms with van der Waals surface area (Å²) in [7, 11) is -0.181. The predicted molar refractivity (Wildman–Crippen MR) is 203 cm³/mol. The van der Waals surface area contributed by atoms with Crippen LogP contribution in [0.1, 0.15) is 11.1 Å². The summed E-state index contributed by atoms with van der Waals surface area (Å²) in [5.74, 6) is 4.45. The lowest BCUT2D eigenvalue weighted by molar-refractivity contribution is 1.28. The second kappa shape index (κ2) is 13.2. The number of hydrogen-bond donors (Lipinski definition) is 0. The van der Waals surface area contributed by atoms with Crippen LogP contribution >= 0.6 is 10.5 Å². The molecule has 0 saturated heterocycles. The Hall–Kier alpha value is -5.38. The molecule has 2 nitrogen and oxygen atoms in total. The summed E-state index contributed by atoms with van der Waals surface area (Å²) in [6.45, 7) is 4.36. The van der Waals surface area contributed by atoms with Gasteiger partial charge >= 0.3 is 0 Å². The molecule has 0 aliphatic carbocycles. The maximum absolute atomic E-state index is 4.90. The van der Waals surface area contributed by atoms with Gasteiger partial charge in [0.1, 0.15) is 0 Å². The van der Waals surface area contributed by atoms with Crippen LogP contribution < -0.4 is 0 Å². The molecule has 47 heavy (non-hydrogen) atoms. The van der Waals surface area contributed by atoms with Crippen LogP contribution in [0.2, 0.25) is 0 Å². The van der Waals surface area contributed by atoms with E-state index in [9.17, 15) is 0 Å². The van der Waals surface area contributed by atoms with Crippen molar-refractivity contribution >= 4 is 16.4 Å². The third-order valence-electron chi connectivity index (χ3n) is 8.73. The quantitative estimate of drug-likeness (QED) is 0.165. The molecule has 2 heterocycles. The fourth-order valence-corrected chi connectivity index (χ4v) is 6.92. The van der Waals surface area contributed by atoms with Crippen LogP contribution in [0.3, 0.4) is 0 Å². The van der Waals surface area contributed by atoms with Crippen molar-refractivity contribution in [2.75, 3.05) is 6.26 Å². The van der Waals surface area contributed by atoms with E-state index in [0.717, 1.165) is 33.6 Å². The van der Waals surface area contributed by atoms with E-state index in [-0.39, 0.29) is 10.5 Å². The first-order valence-corrected chi connectivity index (χ1v) is 17.6. The lowest BCUT2D eigenvalue weighted by Gasteiger charge is -2.18. The summed E-state index contributed by atoms with van der Waals surface area (Å²) in [5.41, 5.74) is 15.9. The first-order chi connectivity index (χ1) is 23.0. The molecule has 0 aliphatic heterocycles. The molecule has 0 aliphatic rings.